The Labute approximate surface area is 165 Å². The molecule has 0 amide bonds. The van der Waals surface area contributed by atoms with E-state index in [1.807, 2.05) is 0 Å². The molecule has 9 heteroatoms. The normalized spacial score (nSPS) is 10.7. The number of benzene rings is 2. The van der Waals surface area contributed by atoms with E-state index in [-0.39, 0.29) is 62.5 Å². The van der Waals surface area contributed by atoms with Crippen LogP contribution in [0, 0.1) is 0 Å². The van der Waals surface area contributed by atoms with E-state index in [1.165, 1.54) is 47.7 Å². The van der Waals surface area contributed by atoms with Crippen LogP contribution in [0.2, 0.25) is 0 Å². The van der Waals surface area contributed by atoms with E-state index in [1.54, 1.807) is 0 Å². The number of aromatic hydroxyl groups is 2. The number of hydrogen-bond acceptors (Lipinski definition) is 9. The van der Waals surface area contributed by atoms with Crippen molar-refractivity contribution in [2.75, 3.05) is 35.5 Å². The van der Waals surface area contributed by atoms with Gasteiger partial charge in [0.15, 0.2) is 28.8 Å². The van der Waals surface area contributed by atoms with E-state index in [9.17, 15) is 15.0 Å². The summed E-state index contributed by atoms with van der Waals surface area (Å²) in [5.41, 5.74) is -0.344. The van der Waals surface area contributed by atoms with Crippen LogP contribution < -0.4 is 29.1 Å². The van der Waals surface area contributed by atoms with Crippen molar-refractivity contribution in [1.82, 2.24) is 0 Å². The minimum atomic E-state index is -0.548. The molecular weight excluding hydrogens is 384 g/mol. The number of methoxy groups -OCH3 is 5. The first-order chi connectivity index (χ1) is 13.9. The monoisotopic (exact) mass is 404 g/mol. The molecule has 2 N–H and O–H groups in total. The van der Waals surface area contributed by atoms with Gasteiger partial charge in [-0.3, -0.25) is 4.79 Å². The highest BCUT2D eigenvalue weighted by Gasteiger charge is 2.26. The van der Waals surface area contributed by atoms with Crippen LogP contribution in [0.4, 0.5) is 0 Å². The minimum absolute atomic E-state index is 0.0601. The second-order valence-electron chi connectivity index (χ2n) is 5.85. The van der Waals surface area contributed by atoms with E-state index < -0.39 is 5.43 Å². The Balaban J connectivity index is 2.47. The first kappa shape index (κ1) is 20.0. The summed E-state index contributed by atoms with van der Waals surface area (Å²) in [5.74, 6) is -0.149. The topological polar surface area (TPSA) is 117 Å². The van der Waals surface area contributed by atoms with Gasteiger partial charge in [-0.2, -0.15) is 0 Å². The molecule has 1 aromatic heterocycles. The van der Waals surface area contributed by atoms with Crippen LogP contribution >= 0.6 is 0 Å². The molecule has 0 aliphatic carbocycles. The van der Waals surface area contributed by atoms with Crippen LogP contribution in [0.1, 0.15) is 0 Å². The van der Waals surface area contributed by atoms with Gasteiger partial charge in [0.05, 0.1) is 41.1 Å². The molecule has 29 heavy (non-hydrogen) atoms. The van der Waals surface area contributed by atoms with Gasteiger partial charge in [-0.25, -0.2) is 0 Å². The third-order valence-corrected chi connectivity index (χ3v) is 4.39. The Kier molecular flexibility index (Phi) is 5.31. The fourth-order valence-electron chi connectivity index (χ4n) is 3.07. The molecule has 0 aliphatic heterocycles. The van der Waals surface area contributed by atoms with Crippen LogP contribution in [0.25, 0.3) is 22.3 Å². The van der Waals surface area contributed by atoms with Crippen molar-refractivity contribution in [3.8, 4) is 51.6 Å². The van der Waals surface area contributed by atoms with Gasteiger partial charge in [0.25, 0.3) is 0 Å². The molecule has 0 atom stereocenters. The molecule has 2 aromatic carbocycles. The maximum absolute atomic E-state index is 13.2. The van der Waals surface area contributed by atoms with Crippen molar-refractivity contribution in [2.45, 2.75) is 0 Å². The van der Waals surface area contributed by atoms with E-state index >= 15 is 0 Å². The van der Waals surface area contributed by atoms with E-state index in [0.717, 1.165) is 6.07 Å². The van der Waals surface area contributed by atoms with Gasteiger partial charge in [-0.15, -0.1) is 0 Å². The molecule has 0 fully saturated rings. The lowest BCUT2D eigenvalue weighted by atomic mass is 10.1. The summed E-state index contributed by atoms with van der Waals surface area (Å²) in [4.78, 5) is 13.2. The summed E-state index contributed by atoms with van der Waals surface area (Å²) in [6.45, 7) is 0. The first-order valence-electron chi connectivity index (χ1n) is 8.35. The Morgan fingerprint density at radius 2 is 1.34 bits per heavy atom. The minimum Gasteiger partial charge on any atom is -0.507 e. The zero-order valence-corrected chi connectivity index (χ0v) is 16.5. The Hall–Kier alpha value is -3.75. The number of fused-ring (bicyclic) bond motifs is 1. The summed E-state index contributed by atoms with van der Waals surface area (Å²) in [6, 6.07) is 3.87. The van der Waals surface area contributed by atoms with Crippen molar-refractivity contribution in [1.29, 1.82) is 0 Å². The Bertz CT molecular complexity index is 1130. The molecule has 0 bridgehead atoms. The van der Waals surface area contributed by atoms with Gasteiger partial charge in [0.1, 0.15) is 16.7 Å². The molecular formula is C20H20O9. The highest BCUT2D eigenvalue weighted by atomic mass is 16.5. The molecule has 0 radical (unpaired) electrons. The number of phenols is 2. The predicted molar refractivity (Wildman–Crippen MR) is 104 cm³/mol. The smallest absolute Gasteiger partial charge is 0.239 e. The molecule has 0 unspecified atom stereocenters. The van der Waals surface area contributed by atoms with Gasteiger partial charge >= 0.3 is 0 Å². The van der Waals surface area contributed by atoms with Crippen molar-refractivity contribution in [3.05, 3.63) is 28.4 Å². The average molecular weight is 404 g/mol. The summed E-state index contributed by atoms with van der Waals surface area (Å²) in [5, 5.41) is 20.3. The molecule has 0 saturated carbocycles. The van der Waals surface area contributed by atoms with Gasteiger partial charge in [0.2, 0.25) is 16.9 Å². The molecule has 3 aromatic rings. The molecule has 0 spiro atoms. The third-order valence-electron chi connectivity index (χ3n) is 4.39. The SMILES string of the molecule is COc1cc(-c2oc3cc(OC)c(OC)c(OC)c3c(=O)c2OC)c(O)cc1O. The number of hydrogen-bond donors (Lipinski definition) is 2. The van der Waals surface area contributed by atoms with E-state index in [2.05, 4.69) is 0 Å². The third kappa shape index (κ3) is 3.10. The highest BCUT2D eigenvalue weighted by molar-refractivity contribution is 5.92. The fourth-order valence-corrected chi connectivity index (χ4v) is 3.07. The van der Waals surface area contributed by atoms with Crippen molar-refractivity contribution in [3.63, 3.8) is 0 Å². The summed E-state index contributed by atoms with van der Waals surface area (Å²) in [7, 11) is 6.88. The maximum Gasteiger partial charge on any atom is 0.239 e. The maximum atomic E-state index is 13.2. The zero-order valence-electron chi connectivity index (χ0n) is 16.5. The summed E-state index contributed by atoms with van der Waals surface area (Å²) >= 11 is 0. The lowest BCUT2D eigenvalue weighted by molar-refractivity contribution is 0.325. The number of ether oxygens (including phenoxy) is 5. The first-order valence-corrected chi connectivity index (χ1v) is 8.35. The predicted octanol–water partition coefficient (Wildman–Crippen LogP) is 2.91. The molecule has 9 nitrogen and oxygen atoms in total. The summed E-state index contributed by atoms with van der Waals surface area (Å²) in [6.07, 6.45) is 0. The quantitative estimate of drug-likeness (QED) is 0.639. The Morgan fingerprint density at radius 1 is 0.724 bits per heavy atom. The van der Waals surface area contributed by atoms with Gasteiger partial charge < -0.3 is 38.3 Å². The van der Waals surface area contributed by atoms with Crippen LogP contribution in [-0.4, -0.2) is 45.8 Å². The van der Waals surface area contributed by atoms with E-state index in [0.29, 0.717) is 0 Å². The number of rotatable bonds is 6. The molecule has 0 saturated heterocycles. The van der Waals surface area contributed by atoms with Crippen LogP contribution in [0.15, 0.2) is 27.4 Å². The molecule has 3 rings (SSSR count). The zero-order chi connectivity index (χ0) is 21.3. The van der Waals surface area contributed by atoms with Crippen molar-refractivity contribution < 1.29 is 38.3 Å². The van der Waals surface area contributed by atoms with Gasteiger partial charge in [-0.1, -0.05) is 0 Å². The highest BCUT2D eigenvalue weighted by Crippen LogP contribution is 2.46. The van der Waals surface area contributed by atoms with E-state index in [4.69, 9.17) is 28.1 Å². The summed E-state index contributed by atoms with van der Waals surface area (Å²) < 4.78 is 32.3. The number of phenolic OH excluding ortho intramolecular Hbond substituents is 2. The molecule has 154 valence electrons. The Morgan fingerprint density at radius 3 is 1.90 bits per heavy atom. The van der Waals surface area contributed by atoms with Crippen LogP contribution in [-0.2, 0) is 0 Å². The lowest BCUT2D eigenvalue weighted by Crippen LogP contribution is -2.10. The molecule has 0 aliphatic rings. The van der Waals surface area contributed by atoms with Crippen LogP contribution in [0.3, 0.4) is 0 Å². The largest absolute Gasteiger partial charge is 0.507 e. The second kappa shape index (κ2) is 7.70. The standard InChI is InChI=1S/C20H20O9/c1-24-12-6-9(10(21)7-11(12)22)17-20(28-5)16(23)15-13(29-17)8-14(25-2)18(26-3)19(15)27-4/h6-8,21-22H,1-5H3. The van der Waals surface area contributed by atoms with Crippen LogP contribution in [0.5, 0.6) is 40.2 Å². The van der Waals surface area contributed by atoms with Gasteiger partial charge in [-0.05, 0) is 6.07 Å². The van der Waals surface area contributed by atoms with Crippen molar-refractivity contribution >= 4 is 11.0 Å². The fraction of sp³-hybridized carbons (Fsp3) is 0.250. The second-order valence-corrected chi connectivity index (χ2v) is 5.85. The van der Waals surface area contributed by atoms with Gasteiger partial charge in [0, 0.05) is 12.1 Å². The lowest BCUT2D eigenvalue weighted by Gasteiger charge is -2.16. The van der Waals surface area contributed by atoms with Crippen molar-refractivity contribution in [2.24, 2.45) is 0 Å². The average Bonchev–Trinajstić information content (AvgIpc) is 2.72. The molecule has 1 heterocycles.